The zero-order valence-electron chi connectivity index (χ0n) is 11.6. The highest BCUT2D eigenvalue weighted by atomic mass is 16.3. The smallest absolute Gasteiger partial charge is 0.175 e. The number of hydrogen-bond acceptors (Lipinski definition) is 4. The van der Waals surface area contributed by atoms with Gasteiger partial charge in [-0.2, -0.15) is 0 Å². The minimum atomic E-state index is -1.05. The van der Waals surface area contributed by atoms with Gasteiger partial charge in [-0.3, -0.25) is 9.78 Å². The second kappa shape index (κ2) is 5.39. The first-order valence-corrected chi connectivity index (χ1v) is 7.02. The zero-order chi connectivity index (χ0) is 14.9. The van der Waals surface area contributed by atoms with Crippen LogP contribution in [0.4, 0.5) is 0 Å². The van der Waals surface area contributed by atoms with Crippen LogP contribution in [-0.4, -0.2) is 34.2 Å². The first kappa shape index (κ1) is 13.9. The summed E-state index contributed by atoms with van der Waals surface area (Å²) in [5.41, 5.74) is 2.06. The number of fused-ring (bicyclic) bond motifs is 1. The molecule has 0 saturated heterocycles. The van der Waals surface area contributed by atoms with Crippen molar-refractivity contribution in [1.29, 1.82) is 0 Å². The molecule has 0 amide bonds. The Kier molecular flexibility index (Phi) is 3.57. The maximum Gasteiger partial charge on any atom is 0.175 e. The fourth-order valence-electron chi connectivity index (χ4n) is 2.78. The number of aliphatic hydroxyl groups excluding tert-OH is 2. The number of aromatic nitrogens is 1. The van der Waals surface area contributed by atoms with Crippen LogP contribution in [0.15, 0.2) is 42.5 Å². The van der Waals surface area contributed by atoms with Crippen molar-refractivity contribution in [2.75, 3.05) is 13.2 Å². The van der Waals surface area contributed by atoms with Crippen LogP contribution in [0.5, 0.6) is 0 Å². The average molecular weight is 283 g/mol. The van der Waals surface area contributed by atoms with E-state index in [0.29, 0.717) is 18.4 Å². The van der Waals surface area contributed by atoms with Crippen molar-refractivity contribution >= 4 is 5.78 Å². The van der Waals surface area contributed by atoms with Gasteiger partial charge >= 0.3 is 0 Å². The molecule has 21 heavy (non-hydrogen) atoms. The van der Waals surface area contributed by atoms with Crippen molar-refractivity contribution in [3.8, 4) is 11.3 Å². The standard InChI is InChI=1S/C17H17NO3/c19-10-17(11-20)9-8-15-13(16(17)21)6-7-14(18-15)12-4-2-1-3-5-12/h1-7,19-20H,8-11H2. The number of aryl methyl sites for hydroxylation is 1. The van der Waals surface area contributed by atoms with Crippen molar-refractivity contribution in [1.82, 2.24) is 4.98 Å². The monoisotopic (exact) mass is 283 g/mol. The van der Waals surface area contributed by atoms with Crippen molar-refractivity contribution in [2.45, 2.75) is 12.8 Å². The van der Waals surface area contributed by atoms with Gasteiger partial charge in [0.15, 0.2) is 5.78 Å². The highest BCUT2D eigenvalue weighted by Gasteiger charge is 2.42. The molecule has 0 aliphatic heterocycles. The molecule has 108 valence electrons. The third kappa shape index (κ3) is 2.26. The highest BCUT2D eigenvalue weighted by molar-refractivity contribution is 6.02. The van der Waals surface area contributed by atoms with Crippen molar-refractivity contribution in [3.63, 3.8) is 0 Å². The second-order valence-corrected chi connectivity index (χ2v) is 5.48. The first-order chi connectivity index (χ1) is 10.2. The predicted molar refractivity (Wildman–Crippen MR) is 78.9 cm³/mol. The number of nitrogens with zero attached hydrogens (tertiary/aromatic N) is 1. The fraction of sp³-hybridized carbons (Fsp3) is 0.294. The topological polar surface area (TPSA) is 70.4 Å². The summed E-state index contributed by atoms with van der Waals surface area (Å²) in [6.07, 6.45) is 1.01. The molecule has 0 bridgehead atoms. The highest BCUT2D eigenvalue weighted by Crippen LogP contribution is 2.35. The minimum absolute atomic E-state index is 0.208. The van der Waals surface area contributed by atoms with E-state index in [9.17, 15) is 15.0 Å². The van der Waals surface area contributed by atoms with Gasteiger partial charge in [0.2, 0.25) is 0 Å². The number of ketones is 1. The van der Waals surface area contributed by atoms with Gasteiger partial charge in [0, 0.05) is 11.1 Å². The number of benzene rings is 1. The molecule has 1 aliphatic rings. The van der Waals surface area contributed by atoms with E-state index >= 15 is 0 Å². The summed E-state index contributed by atoms with van der Waals surface area (Å²) in [5, 5.41) is 18.9. The van der Waals surface area contributed by atoms with E-state index < -0.39 is 5.41 Å². The van der Waals surface area contributed by atoms with Crippen molar-refractivity contribution < 1.29 is 15.0 Å². The number of hydrogen-bond donors (Lipinski definition) is 2. The lowest BCUT2D eigenvalue weighted by Crippen LogP contribution is -2.42. The molecule has 0 radical (unpaired) electrons. The molecule has 1 aliphatic carbocycles. The molecule has 0 saturated carbocycles. The third-order valence-electron chi connectivity index (χ3n) is 4.22. The largest absolute Gasteiger partial charge is 0.395 e. The Hall–Kier alpha value is -2.04. The predicted octanol–water partition coefficient (Wildman–Crippen LogP) is 1.85. The number of carbonyl (C=O) groups is 1. The van der Waals surface area contributed by atoms with E-state index in [2.05, 4.69) is 4.98 Å². The molecule has 2 N–H and O–H groups in total. The van der Waals surface area contributed by atoms with E-state index in [4.69, 9.17) is 0 Å². The van der Waals surface area contributed by atoms with Gasteiger partial charge in [-0.1, -0.05) is 30.3 Å². The molecule has 2 aromatic rings. The van der Waals surface area contributed by atoms with Crippen molar-refractivity contribution in [2.24, 2.45) is 5.41 Å². The van der Waals surface area contributed by atoms with Gasteiger partial charge in [0.25, 0.3) is 0 Å². The molecule has 3 rings (SSSR count). The Labute approximate surface area is 123 Å². The summed E-state index contributed by atoms with van der Waals surface area (Å²) in [5.74, 6) is -0.208. The van der Waals surface area contributed by atoms with Gasteiger partial charge in [-0.15, -0.1) is 0 Å². The molecule has 0 unspecified atom stereocenters. The Balaban J connectivity index is 2.01. The number of aliphatic hydroxyl groups is 2. The summed E-state index contributed by atoms with van der Waals surface area (Å²) >= 11 is 0. The molecular formula is C17H17NO3. The van der Waals surface area contributed by atoms with E-state index in [1.54, 1.807) is 6.07 Å². The number of carbonyl (C=O) groups excluding carboxylic acids is 1. The van der Waals surface area contributed by atoms with Gasteiger partial charge in [-0.25, -0.2) is 0 Å². The summed E-state index contributed by atoms with van der Waals surface area (Å²) in [6, 6.07) is 13.4. The lowest BCUT2D eigenvalue weighted by atomic mass is 9.72. The van der Waals surface area contributed by atoms with Crippen LogP contribution in [0.1, 0.15) is 22.5 Å². The SMILES string of the molecule is O=C1c2ccc(-c3ccccc3)nc2CCC1(CO)CO. The first-order valence-electron chi connectivity index (χ1n) is 7.02. The minimum Gasteiger partial charge on any atom is -0.395 e. The molecule has 4 heteroatoms. The van der Waals surface area contributed by atoms with Crippen LogP contribution < -0.4 is 0 Å². The van der Waals surface area contributed by atoms with Crippen LogP contribution in [0.2, 0.25) is 0 Å². The van der Waals surface area contributed by atoms with Crippen LogP contribution in [0.3, 0.4) is 0 Å². The number of rotatable bonds is 3. The maximum atomic E-state index is 12.5. The van der Waals surface area contributed by atoms with E-state index in [0.717, 1.165) is 17.0 Å². The Morgan fingerprint density at radius 3 is 2.43 bits per heavy atom. The quantitative estimate of drug-likeness (QED) is 0.902. The van der Waals surface area contributed by atoms with Crippen LogP contribution in [0.25, 0.3) is 11.3 Å². The third-order valence-corrected chi connectivity index (χ3v) is 4.22. The fourth-order valence-corrected chi connectivity index (χ4v) is 2.78. The lowest BCUT2D eigenvalue weighted by molar-refractivity contribution is 0.0343. The molecular weight excluding hydrogens is 266 g/mol. The van der Waals surface area contributed by atoms with Gasteiger partial charge < -0.3 is 10.2 Å². The van der Waals surface area contributed by atoms with E-state index in [1.165, 1.54) is 0 Å². The molecule has 0 atom stereocenters. The molecule has 1 heterocycles. The number of pyridine rings is 1. The van der Waals surface area contributed by atoms with Crippen molar-refractivity contribution in [3.05, 3.63) is 53.7 Å². The van der Waals surface area contributed by atoms with Gasteiger partial charge in [0.1, 0.15) is 0 Å². The maximum absolute atomic E-state index is 12.5. The molecule has 0 spiro atoms. The summed E-state index contributed by atoms with van der Waals surface area (Å²) in [6.45, 7) is -0.662. The van der Waals surface area contributed by atoms with Crippen LogP contribution in [-0.2, 0) is 6.42 Å². The summed E-state index contributed by atoms with van der Waals surface area (Å²) in [4.78, 5) is 17.1. The van der Waals surface area contributed by atoms with E-state index in [-0.39, 0.29) is 19.0 Å². The Morgan fingerprint density at radius 1 is 1.05 bits per heavy atom. The van der Waals surface area contributed by atoms with Crippen LogP contribution in [0, 0.1) is 5.41 Å². The van der Waals surface area contributed by atoms with E-state index in [1.807, 2.05) is 36.4 Å². The molecule has 4 nitrogen and oxygen atoms in total. The van der Waals surface area contributed by atoms with Gasteiger partial charge in [-0.05, 0) is 25.0 Å². The normalized spacial score (nSPS) is 16.6. The Bertz CT molecular complexity index is 663. The lowest BCUT2D eigenvalue weighted by Gasteiger charge is -2.32. The molecule has 1 aromatic carbocycles. The number of Topliss-reactive ketones (excluding diaryl/α,β-unsaturated/α-hetero) is 1. The second-order valence-electron chi connectivity index (χ2n) is 5.48. The average Bonchev–Trinajstić information content (AvgIpc) is 2.56. The van der Waals surface area contributed by atoms with Gasteiger partial charge in [0.05, 0.1) is 30.0 Å². The van der Waals surface area contributed by atoms with Crippen LogP contribution >= 0.6 is 0 Å². The Morgan fingerprint density at radius 2 is 1.76 bits per heavy atom. The zero-order valence-corrected chi connectivity index (χ0v) is 11.6. The molecule has 0 fully saturated rings. The summed E-state index contributed by atoms with van der Waals surface area (Å²) in [7, 11) is 0. The summed E-state index contributed by atoms with van der Waals surface area (Å²) < 4.78 is 0. The molecule has 1 aromatic heterocycles.